The molecular weight excluding hydrogens is 369 g/mol. The molecule has 1 N–H and O–H groups in total. The van der Waals surface area contributed by atoms with Gasteiger partial charge in [0.15, 0.2) is 0 Å². The van der Waals surface area contributed by atoms with Crippen molar-refractivity contribution in [3.8, 4) is 17.2 Å². The van der Waals surface area contributed by atoms with Crippen LogP contribution in [-0.2, 0) is 0 Å². The van der Waals surface area contributed by atoms with Gasteiger partial charge in [0.1, 0.15) is 13.0 Å². The van der Waals surface area contributed by atoms with Crippen LogP contribution in [-0.4, -0.2) is 23.3 Å². The van der Waals surface area contributed by atoms with Gasteiger partial charge in [-0.2, -0.15) is 10.4 Å². The molecule has 0 atom stereocenters. The van der Waals surface area contributed by atoms with Crippen LogP contribution in [0.4, 0.5) is 0 Å². The Morgan fingerprint density at radius 1 is 1.14 bits per heavy atom. The summed E-state index contributed by atoms with van der Waals surface area (Å²) in [5.41, 5.74) is 3.50. The summed E-state index contributed by atoms with van der Waals surface area (Å²) < 4.78 is 0.555. The van der Waals surface area contributed by atoms with E-state index in [9.17, 15) is 9.59 Å². The van der Waals surface area contributed by atoms with Crippen molar-refractivity contribution in [3.63, 3.8) is 0 Å². The number of nitrogens with zero attached hydrogens (tertiary/aromatic N) is 2. The molecular formula is C21H13BN3O2S. The number of fused-ring (bicyclic) bond motifs is 1. The van der Waals surface area contributed by atoms with Crippen LogP contribution < -0.4 is 11.0 Å². The van der Waals surface area contributed by atoms with Crippen LogP contribution in [0.25, 0.3) is 21.2 Å². The average Bonchev–Trinajstić information content (AvgIpc) is 3.20. The third kappa shape index (κ3) is 3.04. The highest BCUT2D eigenvalue weighted by molar-refractivity contribution is 7.18. The lowest BCUT2D eigenvalue weighted by Gasteiger charge is -2.04. The second-order valence-electron chi connectivity index (χ2n) is 6.18. The molecule has 4 aromatic rings. The highest BCUT2D eigenvalue weighted by Gasteiger charge is 2.20. The standard InChI is InChI=1S/C21H13BN3O2S/c1-22-15-8-6-14(7-9-15)19(26)18-20-17(21(27)25-24-18)16(11-28-20)13-4-2-12(10-23)3-5-13/h2-9,11H,1H3,(H,25,27). The van der Waals surface area contributed by atoms with Crippen LogP contribution in [0.1, 0.15) is 21.6 Å². The number of benzene rings is 2. The van der Waals surface area contributed by atoms with Crippen LogP contribution in [0.3, 0.4) is 0 Å². The second-order valence-corrected chi connectivity index (χ2v) is 7.06. The zero-order valence-corrected chi connectivity index (χ0v) is 15.7. The van der Waals surface area contributed by atoms with Crippen LogP contribution in [0.2, 0.25) is 6.82 Å². The maximum atomic E-state index is 13.0. The van der Waals surface area contributed by atoms with Gasteiger partial charge in [-0.05, 0) is 17.7 Å². The van der Waals surface area contributed by atoms with E-state index in [4.69, 9.17) is 5.26 Å². The van der Waals surface area contributed by atoms with Crippen molar-refractivity contribution in [2.75, 3.05) is 0 Å². The minimum Gasteiger partial charge on any atom is -0.287 e. The maximum absolute atomic E-state index is 13.0. The number of ketones is 1. The fourth-order valence-corrected chi connectivity index (χ4v) is 4.09. The SMILES string of the molecule is C[B]c1ccc(C(=O)c2n[nH]c(=O)c3c(-c4ccc(C#N)cc4)csc23)cc1. The Bertz CT molecular complexity index is 1280. The molecule has 28 heavy (non-hydrogen) atoms. The third-order valence-corrected chi connectivity index (χ3v) is 5.54. The third-order valence-electron chi connectivity index (χ3n) is 4.55. The molecule has 2 aromatic carbocycles. The molecule has 133 valence electrons. The molecule has 2 heterocycles. The van der Waals surface area contributed by atoms with Crippen LogP contribution in [0, 0.1) is 11.3 Å². The number of nitrogens with one attached hydrogen (secondary N) is 1. The van der Waals surface area contributed by atoms with E-state index in [1.54, 1.807) is 36.4 Å². The molecule has 0 saturated carbocycles. The molecule has 0 unspecified atom stereocenters. The molecule has 0 fully saturated rings. The average molecular weight is 382 g/mol. The van der Waals surface area contributed by atoms with Gasteiger partial charge in [-0.3, -0.25) is 9.59 Å². The summed E-state index contributed by atoms with van der Waals surface area (Å²) >= 11 is 1.32. The lowest BCUT2D eigenvalue weighted by molar-refractivity contribution is 0.103. The van der Waals surface area contributed by atoms with Gasteiger partial charge in [0.25, 0.3) is 5.56 Å². The molecule has 4 rings (SSSR count). The van der Waals surface area contributed by atoms with E-state index in [2.05, 4.69) is 16.3 Å². The van der Waals surface area contributed by atoms with E-state index >= 15 is 0 Å². The summed E-state index contributed by atoms with van der Waals surface area (Å²) in [7, 11) is 1.95. The molecule has 5 nitrogen and oxygen atoms in total. The number of H-pyrrole nitrogens is 1. The predicted molar refractivity (Wildman–Crippen MR) is 112 cm³/mol. The molecule has 0 aliphatic carbocycles. The molecule has 0 aliphatic rings. The minimum atomic E-state index is -0.344. The van der Waals surface area contributed by atoms with Crippen molar-refractivity contribution in [2.24, 2.45) is 0 Å². The second kappa shape index (κ2) is 7.26. The number of rotatable bonds is 4. The van der Waals surface area contributed by atoms with E-state index in [0.29, 0.717) is 21.2 Å². The summed E-state index contributed by atoms with van der Waals surface area (Å²) in [5, 5.41) is 17.7. The smallest absolute Gasteiger partial charge is 0.273 e. The molecule has 2 aromatic heterocycles. The number of hydrogen-bond donors (Lipinski definition) is 1. The van der Waals surface area contributed by atoms with Crippen LogP contribution in [0.5, 0.6) is 0 Å². The Labute approximate surface area is 165 Å². The maximum Gasteiger partial charge on any atom is 0.273 e. The molecule has 0 spiro atoms. The molecule has 0 saturated heterocycles. The van der Waals surface area contributed by atoms with E-state index in [-0.39, 0.29) is 17.0 Å². The first-order valence-corrected chi connectivity index (χ1v) is 9.45. The monoisotopic (exact) mass is 382 g/mol. The summed E-state index contributed by atoms with van der Waals surface area (Å²) in [4.78, 5) is 25.4. The highest BCUT2D eigenvalue weighted by Crippen LogP contribution is 2.33. The Balaban J connectivity index is 1.84. The van der Waals surface area contributed by atoms with Crippen molar-refractivity contribution in [1.82, 2.24) is 10.2 Å². The summed E-state index contributed by atoms with van der Waals surface area (Å²) in [5.74, 6) is -0.239. The largest absolute Gasteiger partial charge is 0.287 e. The van der Waals surface area contributed by atoms with Crippen molar-refractivity contribution in [2.45, 2.75) is 6.82 Å². The molecule has 0 amide bonds. The topological polar surface area (TPSA) is 86.6 Å². The molecule has 0 bridgehead atoms. The van der Waals surface area contributed by atoms with Crippen LogP contribution >= 0.6 is 11.3 Å². The van der Waals surface area contributed by atoms with Crippen LogP contribution in [0.15, 0.2) is 58.7 Å². The van der Waals surface area contributed by atoms with E-state index in [1.165, 1.54) is 11.3 Å². The molecule has 0 aliphatic heterocycles. The molecule has 1 radical (unpaired) electrons. The lowest BCUT2D eigenvalue weighted by Crippen LogP contribution is -2.15. The highest BCUT2D eigenvalue weighted by atomic mass is 32.1. The first-order valence-electron chi connectivity index (χ1n) is 8.57. The fraction of sp³-hybridized carbons (Fsp3) is 0.0476. The summed E-state index contributed by atoms with van der Waals surface area (Å²) in [6, 6.07) is 16.3. The molecule has 7 heteroatoms. The number of hydrogen-bond acceptors (Lipinski definition) is 5. The van der Waals surface area contributed by atoms with Gasteiger partial charge in [0, 0.05) is 16.5 Å². The first kappa shape index (κ1) is 17.9. The fourth-order valence-electron chi connectivity index (χ4n) is 3.03. The zero-order valence-electron chi connectivity index (χ0n) is 14.9. The predicted octanol–water partition coefficient (Wildman–Crippen LogP) is 3.13. The number of aromatic amines is 1. The van der Waals surface area contributed by atoms with E-state index in [1.807, 2.05) is 31.6 Å². The number of carbonyl (C=O) groups excluding carboxylic acids is 1. The Morgan fingerprint density at radius 2 is 1.86 bits per heavy atom. The number of thiophene rings is 1. The van der Waals surface area contributed by atoms with Crippen molar-refractivity contribution in [3.05, 3.63) is 81.1 Å². The van der Waals surface area contributed by atoms with Crippen molar-refractivity contribution in [1.29, 1.82) is 5.26 Å². The Kier molecular flexibility index (Phi) is 4.64. The van der Waals surface area contributed by atoms with E-state index in [0.717, 1.165) is 16.6 Å². The number of nitriles is 1. The van der Waals surface area contributed by atoms with Gasteiger partial charge in [-0.15, -0.1) is 11.3 Å². The van der Waals surface area contributed by atoms with Gasteiger partial charge in [0.2, 0.25) is 5.78 Å². The number of aromatic nitrogens is 2. The Morgan fingerprint density at radius 3 is 2.50 bits per heavy atom. The van der Waals surface area contributed by atoms with E-state index < -0.39 is 0 Å². The van der Waals surface area contributed by atoms with Gasteiger partial charge in [-0.1, -0.05) is 48.7 Å². The van der Waals surface area contributed by atoms with Gasteiger partial charge in [0.05, 0.1) is 21.7 Å². The van der Waals surface area contributed by atoms with Gasteiger partial charge >= 0.3 is 0 Å². The normalized spacial score (nSPS) is 10.6. The lowest BCUT2D eigenvalue weighted by atomic mass is 9.73. The number of carbonyl (C=O) groups is 1. The zero-order chi connectivity index (χ0) is 19.7. The Hall–Kier alpha value is -3.50. The summed E-state index contributed by atoms with van der Waals surface area (Å²) in [6.45, 7) is 1.93. The minimum absolute atomic E-state index is 0.229. The van der Waals surface area contributed by atoms with Crippen molar-refractivity contribution >= 4 is 39.9 Å². The van der Waals surface area contributed by atoms with Gasteiger partial charge in [-0.25, -0.2) is 5.10 Å². The van der Waals surface area contributed by atoms with Gasteiger partial charge < -0.3 is 0 Å². The first-order chi connectivity index (χ1) is 13.6. The van der Waals surface area contributed by atoms with Crippen molar-refractivity contribution < 1.29 is 4.79 Å². The quantitative estimate of drug-likeness (QED) is 0.434. The summed E-state index contributed by atoms with van der Waals surface area (Å²) in [6.07, 6.45) is 0.